The quantitative estimate of drug-likeness (QED) is 0.837. The summed E-state index contributed by atoms with van der Waals surface area (Å²) in [5.74, 6) is 0.732. The maximum absolute atomic E-state index is 11.1. The molecule has 0 unspecified atom stereocenters. The van der Waals surface area contributed by atoms with Gasteiger partial charge in [-0.05, 0) is 12.1 Å². The maximum atomic E-state index is 11.1. The summed E-state index contributed by atoms with van der Waals surface area (Å²) < 4.78 is 10.1. The Kier molecular flexibility index (Phi) is 2.64. The third-order valence-electron chi connectivity index (χ3n) is 2.13. The number of methoxy groups -OCH3 is 1. The van der Waals surface area contributed by atoms with Crippen LogP contribution in [-0.2, 0) is 0 Å². The molecule has 1 aromatic heterocycles. The molecule has 0 bridgehead atoms. The number of hydrogen-bond acceptors (Lipinski definition) is 4. The van der Waals surface area contributed by atoms with E-state index < -0.39 is 5.63 Å². The van der Waals surface area contributed by atoms with Crippen molar-refractivity contribution in [3.05, 3.63) is 46.8 Å². The highest BCUT2D eigenvalue weighted by Gasteiger charge is 2.08. The van der Waals surface area contributed by atoms with Gasteiger partial charge in [0, 0.05) is 6.07 Å². The van der Waals surface area contributed by atoms with Gasteiger partial charge in [-0.3, -0.25) is 0 Å². The van der Waals surface area contributed by atoms with Gasteiger partial charge in [0.2, 0.25) is 0 Å². The van der Waals surface area contributed by atoms with Gasteiger partial charge in [0.25, 0.3) is 0 Å². The molecule has 0 aliphatic carbocycles. The van der Waals surface area contributed by atoms with Crippen molar-refractivity contribution >= 4 is 0 Å². The molecule has 82 valence electrons. The molecule has 0 spiro atoms. The van der Waals surface area contributed by atoms with Crippen molar-refractivity contribution in [2.24, 2.45) is 0 Å². The minimum atomic E-state index is -0.596. The Hall–Kier alpha value is -2.23. The van der Waals surface area contributed by atoms with Gasteiger partial charge in [-0.25, -0.2) is 4.79 Å². The Morgan fingerprint density at radius 1 is 1.25 bits per heavy atom. The number of ether oxygens (including phenoxy) is 1. The standard InChI is InChI=1S/C12H10O4/c1-15-10-5-3-2-4-9(10)11-6-8(13)7-12(14)16-11/h2-7,13H,1H3. The zero-order chi connectivity index (χ0) is 11.5. The molecule has 0 fully saturated rings. The average Bonchev–Trinajstić information content (AvgIpc) is 2.27. The molecule has 1 N–H and O–H groups in total. The first-order chi connectivity index (χ1) is 7.70. The summed E-state index contributed by atoms with van der Waals surface area (Å²) >= 11 is 0. The van der Waals surface area contributed by atoms with Crippen LogP contribution in [0.15, 0.2) is 45.6 Å². The monoisotopic (exact) mass is 218 g/mol. The number of rotatable bonds is 2. The first kappa shape index (κ1) is 10.3. The molecule has 16 heavy (non-hydrogen) atoms. The van der Waals surface area contributed by atoms with Crippen LogP contribution in [0.4, 0.5) is 0 Å². The van der Waals surface area contributed by atoms with Crippen molar-refractivity contribution in [1.82, 2.24) is 0 Å². The number of hydrogen-bond donors (Lipinski definition) is 1. The summed E-state index contributed by atoms with van der Waals surface area (Å²) in [5.41, 5.74) is 0.0268. The lowest BCUT2D eigenvalue weighted by Gasteiger charge is -2.06. The topological polar surface area (TPSA) is 59.7 Å². The zero-order valence-electron chi connectivity index (χ0n) is 8.64. The van der Waals surface area contributed by atoms with Gasteiger partial charge < -0.3 is 14.3 Å². The molecule has 0 aliphatic heterocycles. The van der Waals surface area contributed by atoms with Gasteiger partial charge in [0.15, 0.2) is 0 Å². The fraction of sp³-hybridized carbons (Fsp3) is 0.0833. The van der Waals surface area contributed by atoms with Crippen LogP contribution in [0.25, 0.3) is 11.3 Å². The van der Waals surface area contributed by atoms with E-state index in [2.05, 4.69) is 0 Å². The summed E-state index contributed by atoms with van der Waals surface area (Å²) in [6.45, 7) is 0. The van der Waals surface area contributed by atoms with Crippen LogP contribution in [-0.4, -0.2) is 12.2 Å². The van der Waals surface area contributed by atoms with Crippen LogP contribution in [0.3, 0.4) is 0 Å². The second-order valence-corrected chi connectivity index (χ2v) is 3.20. The molecule has 4 nitrogen and oxygen atoms in total. The van der Waals surface area contributed by atoms with Gasteiger partial charge in [-0.1, -0.05) is 12.1 Å². The summed E-state index contributed by atoms with van der Waals surface area (Å²) in [4.78, 5) is 11.1. The Labute approximate surface area is 91.7 Å². The first-order valence-electron chi connectivity index (χ1n) is 4.68. The van der Waals surface area contributed by atoms with Crippen LogP contribution in [0.1, 0.15) is 0 Å². The van der Waals surface area contributed by atoms with E-state index in [9.17, 15) is 9.90 Å². The molecule has 0 amide bonds. The highest BCUT2D eigenvalue weighted by atomic mass is 16.5. The predicted molar refractivity (Wildman–Crippen MR) is 58.6 cm³/mol. The van der Waals surface area contributed by atoms with Gasteiger partial charge in [-0.2, -0.15) is 0 Å². The summed E-state index contributed by atoms with van der Waals surface area (Å²) in [5, 5.41) is 9.32. The highest BCUT2D eigenvalue weighted by Crippen LogP contribution is 2.30. The average molecular weight is 218 g/mol. The van der Waals surface area contributed by atoms with Crippen LogP contribution >= 0.6 is 0 Å². The van der Waals surface area contributed by atoms with Crippen molar-refractivity contribution in [2.75, 3.05) is 7.11 Å². The smallest absolute Gasteiger partial charge is 0.339 e. The van der Waals surface area contributed by atoms with Crippen LogP contribution in [0, 0.1) is 0 Å². The Balaban J connectivity index is 2.62. The van der Waals surface area contributed by atoms with E-state index in [-0.39, 0.29) is 11.5 Å². The first-order valence-corrected chi connectivity index (χ1v) is 4.68. The fourth-order valence-corrected chi connectivity index (χ4v) is 1.44. The molecule has 2 rings (SSSR count). The molecular formula is C12H10O4. The fourth-order valence-electron chi connectivity index (χ4n) is 1.44. The van der Waals surface area contributed by atoms with E-state index in [0.717, 1.165) is 6.07 Å². The van der Waals surface area contributed by atoms with E-state index in [1.807, 2.05) is 6.07 Å². The largest absolute Gasteiger partial charge is 0.508 e. The third-order valence-corrected chi connectivity index (χ3v) is 2.13. The van der Waals surface area contributed by atoms with Gasteiger partial charge >= 0.3 is 5.63 Å². The van der Waals surface area contributed by atoms with Crippen LogP contribution in [0.5, 0.6) is 11.5 Å². The molecule has 1 aromatic carbocycles. The highest BCUT2D eigenvalue weighted by molar-refractivity contribution is 5.66. The summed E-state index contributed by atoms with van der Waals surface area (Å²) in [6.07, 6.45) is 0. The van der Waals surface area contributed by atoms with Crippen LogP contribution < -0.4 is 10.4 Å². The van der Waals surface area contributed by atoms with Crippen molar-refractivity contribution in [3.63, 3.8) is 0 Å². The van der Waals surface area contributed by atoms with Gasteiger partial charge in [0.05, 0.1) is 18.7 Å². The van der Waals surface area contributed by atoms with Gasteiger partial charge in [-0.15, -0.1) is 0 Å². The minimum absolute atomic E-state index is 0.128. The lowest BCUT2D eigenvalue weighted by molar-refractivity contribution is 0.412. The molecule has 0 aliphatic rings. The Morgan fingerprint density at radius 2 is 2.00 bits per heavy atom. The summed E-state index contributed by atoms with van der Waals surface area (Å²) in [7, 11) is 1.53. The molecule has 0 saturated heterocycles. The van der Waals surface area contributed by atoms with Crippen molar-refractivity contribution in [2.45, 2.75) is 0 Å². The lowest BCUT2D eigenvalue weighted by atomic mass is 10.1. The van der Waals surface area contributed by atoms with E-state index in [1.54, 1.807) is 18.2 Å². The Bertz CT molecular complexity index is 557. The molecule has 0 radical (unpaired) electrons. The van der Waals surface area contributed by atoms with E-state index >= 15 is 0 Å². The van der Waals surface area contributed by atoms with E-state index in [0.29, 0.717) is 11.3 Å². The van der Waals surface area contributed by atoms with E-state index in [1.165, 1.54) is 13.2 Å². The number of para-hydroxylation sites is 1. The number of benzene rings is 1. The normalized spacial score (nSPS) is 10.1. The minimum Gasteiger partial charge on any atom is -0.508 e. The van der Waals surface area contributed by atoms with Crippen LogP contribution in [0.2, 0.25) is 0 Å². The molecular weight excluding hydrogens is 208 g/mol. The second kappa shape index (κ2) is 4.10. The molecule has 1 heterocycles. The van der Waals surface area contributed by atoms with Crippen molar-refractivity contribution in [1.29, 1.82) is 0 Å². The van der Waals surface area contributed by atoms with E-state index in [4.69, 9.17) is 9.15 Å². The molecule has 4 heteroatoms. The predicted octanol–water partition coefficient (Wildman–Crippen LogP) is 2.02. The lowest BCUT2D eigenvalue weighted by Crippen LogP contribution is -1.97. The van der Waals surface area contributed by atoms with Gasteiger partial charge in [0.1, 0.15) is 17.3 Å². The Morgan fingerprint density at radius 3 is 2.69 bits per heavy atom. The third kappa shape index (κ3) is 1.91. The molecule has 0 saturated carbocycles. The maximum Gasteiger partial charge on any atom is 0.339 e. The van der Waals surface area contributed by atoms with Crippen molar-refractivity contribution < 1.29 is 14.3 Å². The zero-order valence-corrected chi connectivity index (χ0v) is 8.64. The van der Waals surface area contributed by atoms with Crippen molar-refractivity contribution in [3.8, 4) is 22.8 Å². The second-order valence-electron chi connectivity index (χ2n) is 3.20. The summed E-state index contributed by atoms with van der Waals surface area (Å²) in [6, 6.07) is 9.49. The molecule has 2 aromatic rings. The molecule has 0 atom stereocenters. The number of aromatic hydroxyl groups is 1. The SMILES string of the molecule is COc1ccccc1-c1cc(O)cc(=O)o1.